The minimum Gasteiger partial charge on any atom is -0.452 e. The molecular formula is C25H24Cl2N2O5. The highest BCUT2D eigenvalue weighted by molar-refractivity contribution is 6.31. The van der Waals surface area contributed by atoms with Crippen LogP contribution < -0.4 is 10.2 Å². The Bertz CT molecular complexity index is 1110. The number of para-hydroxylation sites is 1. The standard InChI is InChI=1S/C25H24Cl2N2O5/c1-2-14-6-3-4-9-21(14)28-22(30)13-34-25(33)15-7-5-8-16(10-15)29-23(31)17-11-19(26)20(27)12-18(17)24(29)32/h3-10,17-20H,2,11-13H2,1H3,(H,28,30)/t17-,18-,19+,20+/m1/s1. The monoisotopic (exact) mass is 502 g/mol. The van der Waals surface area contributed by atoms with Gasteiger partial charge in [-0.1, -0.05) is 31.2 Å². The van der Waals surface area contributed by atoms with Crippen LogP contribution in [0.2, 0.25) is 0 Å². The molecule has 178 valence electrons. The molecular weight excluding hydrogens is 479 g/mol. The van der Waals surface area contributed by atoms with E-state index < -0.39 is 30.3 Å². The average molecular weight is 503 g/mol. The number of rotatable bonds is 6. The maximum Gasteiger partial charge on any atom is 0.338 e. The molecule has 0 bridgehead atoms. The number of nitrogens with one attached hydrogen (secondary N) is 1. The summed E-state index contributed by atoms with van der Waals surface area (Å²) in [5, 5.41) is 1.98. The lowest BCUT2D eigenvalue weighted by Crippen LogP contribution is -2.34. The van der Waals surface area contributed by atoms with E-state index in [2.05, 4.69) is 5.32 Å². The summed E-state index contributed by atoms with van der Waals surface area (Å²) in [7, 11) is 0. The van der Waals surface area contributed by atoms with Gasteiger partial charge >= 0.3 is 5.97 Å². The van der Waals surface area contributed by atoms with E-state index in [-0.39, 0.29) is 33.8 Å². The number of carbonyl (C=O) groups is 4. The number of halogens is 2. The first kappa shape index (κ1) is 24.2. The topological polar surface area (TPSA) is 92.8 Å². The van der Waals surface area contributed by atoms with Crippen LogP contribution in [0.25, 0.3) is 0 Å². The Labute approximate surface area is 207 Å². The molecule has 2 aromatic rings. The highest BCUT2D eigenvalue weighted by Crippen LogP contribution is 2.43. The first-order valence-electron chi connectivity index (χ1n) is 11.1. The van der Waals surface area contributed by atoms with Crippen LogP contribution in [0.1, 0.15) is 35.7 Å². The molecule has 0 aromatic heterocycles. The van der Waals surface area contributed by atoms with Crippen molar-refractivity contribution in [2.24, 2.45) is 11.8 Å². The summed E-state index contributed by atoms with van der Waals surface area (Å²) in [6.45, 7) is 1.51. The Hall–Kier alpha value is -2.90. The van der Waals surface area contributed by atoms with Crippen molar-refractivity contribution in [1.82, 2.24) is 0 Å². The Morgan fingerprint density at radius 3 is 2.29 bits per heavy atom. The Morgan fingerprint density at radius 2 is 1.65 bits per heavy atom. The lowest BCUT2D eigenvalue weighted by atomic mass is 9.80. The van der Waals surface area contributed by atoms with Crippen molar-refractivity contribution in [1.29, 1.82) is 0 Å². The summed E-state index contributed by atoms with van der Waals surface area (Å²) < 4.78 is 5.16. The SMILES string of the molecule is CCc1ccccc1NC(=O)COC(=O)c1cccc(N2C(=O)[C@@H]3C[C@H](Cl)[C@@H](Cl)C[C@H]3C2=O)c1. The molecule has 9 heteroatoms. The summed E-state index contributed by atoms with van der Waals surface area (Å²) in [5.41, 5.74) is 2.04. The predicted molar refractivity (Wildman–Crippen MR) is 129 cm³/mol. The third-order valence-electron chi connectivity index (χ3n) is 6.26. The fourth-order valence-electron chi connectivity index (χ4n) is 4.47. The minimum atomic E-state index is -0.737. The summed E-state index contributed by atoms with van der Waals surface area (Å²) in [4.78, 5) is 51.8. The number of fused-ring (bicyclic) bond motifs is 1. The Kier molecular flexibility index (Phi) is 7.24. The zero-order valence-electron chi connectivity index (χ0n) is 18.5. The number of hydrogen-bond donors (Lipinski definition) is 1. The maximum absolute atomic E-state index is 13.0. The predicted octanol–water partition coefficient (Wildman–Crippen LogP) is 4.16. The molecule has 4 rings (SSSR count). The number of benzene rings is 2. The number of alkyl halides is 2. The second kappa shape index (κ2) is 10.2. The lowest BCUT2D eigenvalue weighted by Gasteiger charge is -2.28. The quantitative estimate of drug-likeness (QED) is 0.363. The highest BCUT2D eigenvalue weighted by atomic mass is 35.5. The number of anilines is 2. The molecule has 1 heterocycles. The van der Waals surface area contributed by atoms with Gasteiger partial charge in [0.1, 0.15) is 0 Å². The molecule has 3 amide bonds. The van der Waals surface area contributed by atoms with Gasteiger partial charge in [-0.15, -0.1) is 23.2 Å². The average Bonchev–Trinajstić information content (AvgIpc) is 3.07. The molecule has 1 saturated heterocycles. The van der Waals surface area contributed by atoms with Crippen LogP contribution in [0, 0.1) is 11.8 Å². The van der Waals surface area contributed by atoms with Gasteiger partial charge in [0, 0.05) is 5.69 Å². The molecule has 0 radical (unpaired) electrons. The lowest BCUT2D eigenvalue weighted by molar-refractivity contribution is -0.122. The van der Waals surface area contributed by atoms with E-state index in [4.69, 9.17) is 27.9 Å². The van der Waals surface area contributed by atoms with Crippen molar-refractivity contribution in [2.45, 2.75) is 36.9 Å². The number of hydrogen-bond acceptors (Lipinski definition) is 5. The van der Waals surface area contributed by atoms with E-state index in [0.29, 0.717) is 18.5 Å². The second-order valence-electron chi connectivity index (χ2n) is 8.41. The number of ether oxygens (including phenoxy) is 1. The number of esters is 1. The van der Waals surface area contributed by atoms with Gasteiger partial charge in [-0.05, 0) is 49.1 Å². The van der Waals surface area contributed by atoms with Crippen LogP contribution >= 0.6 is 23.2 Å². The second-order valence-corrected chi connectivity index (χ2v) is 9.53. The van der Waals surface area contributed by atoms with E-state index >= 15 is 0 Å². The number of nitrogens with zero attached hydrogens (tertiary/aromatic N) is 1. The number of aryl methyl sites for hydroxylation is 1. The first-order chi connectivity index (χ1) is 16.3. The van der Waals surface area contributed by atoms with Gasteiger partial charge in [-0.25, -0.2) is 4.79 Å². The van der Waals surface area contributed by atoms with E-state index in [9.17, 15) is 19.2 Å². The van der Waals surface area contributed by atoms with Crippen LogP contribution in [0.5, 0.6) is 0 Å². The molecule has 2 aliphatic rings. The molecule has 7 nitrogen and oxygen atoms in total. The van der Waals surface area contributed by atoms with Gasteiger partial charge in [0.2, 0.25) is 11.8 Å². The molecule has 4 atom stereocenters. The van der Waals surface area contributed by atoms with Crippen LogP contribution in [-0.4, -0.2) is 41.1 Å². The fraction of sp³-hybridized carbons (Fsp3) is 0.360. The minimum absolute atomic E-state index is 0.125. The van der Waals surface area contributed by atoms with E-state index in [1.54, 1.807) is 18.2 Å². The van der Waals surface area contributed by atoms with Crippen molar-refractivity contribution >= 4 is 58.3 Å². The number of imide groups is 1. The van der Waals surface area contributed by atoms with Crippen LogP contribution in [0.3, 0.4) is 0 Å². The van der Waals surface area contributed by atoms with Gasteiger partial charge in [0.15, 0.2) is 6.61 Å². The summed E-state index contributed by atoms with van der Waals surface area (Å²) in [6, 6.07) is 13.4. The summed E-state index contributed by atoms with van der Waals surface area (Å²) in [5.74, 6) is -2.93. The molecule has 2 aromatic carbocycles. The van der Waals surface area contributed by atoms with Crippen molar-refractivity contribution in [3.63, 3.8) is 0 Å². The van der Waals surface area contributed by atoms with E-state index in [1.165, 1.54) is 12.1 Å². The van der Waals surface area contributed by atoms with Crippen molar-refractivity contribution in [3.8, 4) is 0 Å². The first-order valence-corrected chi connectivity index (χ1v) is 12.0. The third kappa shape index (κ3) is 4.81. The molecule has 1 N–H and O–H groups in total. The molecule has 0 unspecified atom stereocenters. The Morgan fingerprint density at radius 1 is 1.00 bits per heavy atom. The summed E-state index contributed by atoms with van der Waals surface area (Å²) >= 11 is 12.5. The molecule has 1 aliphatic heterocycles. The van der Waals surface area contributed by atoms with Gasteiger partial charge in [-0.2, -0.15) is 0 Å². The summed E-state index contributed by atoms with van der Waals surface area (Å²) in [6.07, 6.45) is 1.41. The number of carbonyl (C=O) groups excluding carboxylic acids is 4. The van der Waals surface area contributed by atoms with Crippen molar-refractivity contribution in [2.75, 3.05) is 16.8 Å². The molecule has 1 saturated carbocycles. The van der Waals surface area contributed by atoms with Crippen molar-refractivity contribution < 1.29 is 23.9 Å². The number of amides is 3. The van der Waals surface area contributed by atoms with Gasteiger partial charge in [0.25, 0.3) is 5.91 Å². The van der Waals surface area contributed by atoms with Crippen LogP contribution in [0.15, 0.2) is 48.5 Å². The third-order valence-corrected chi connectivity index (χ3v) is 7.35. The van der Waals surface area contributed by atoms with Crippen LogP contribution in [0.4, 0.5) is 11.4 Å². The maximum atomic E-state index is 13.0. The van der Waals surface area contributed by atoms with Gasteiger partial charge in [0.05, 0.1) is 33.8 Å². The smallest absolute Gasteiger partial charge is 0.338 e. The van der Waals surface area contributed by atoms with Crippen LogP contribution in [-0.2, 0) is 25.5 Å². The van der Waals surface area contributed by atoms with E-state index in [1.807, 2.05) is 25.1 Å². The normalized spacial score (nSPS) is 24.0. The molecule has 0 spiro atoms. The largest absolute Gasteiger partial charge is 0.452 e. The zero-order valence-corrected chi connectivity index (χ0v) is 20.0. The molecule has 2 fully saturated rings. The molecule has 1 aliphatic carbocycles. The van der Waals surface area contributed by atoms with Crippen molar-refractivity contribution in [3.05, 3.63) is 59.7 Å². The molecule has 34 heavy (non-hydrogen) atoms. The van der Waals surface area contributed by atoms with E-state index in [0.717, 1.165) is 16.9 Å². The van der Waals surface area contributed by atoms with Gasteiger partial charge in [-0.3, -0.25) is 19.3 Å². The Balaban J connectivity index is 1.42. The zero-order chi connectivity index (χ0) is 24.4. The fourth-order valence-corrected chi connectivity index (χ4v) is 5.06. The van der Waals surface area contributed by atoms with Gasteiger partial charge < -0.3 is 10.1 Å². The highest BCUT2D eigenvalue weighted by Gasteiger charge is 2.52.